The van der Waals surface area contributed by atoms with E-state index in [0.717, 1.165) is 55.4 Å². The number of thioether (sulfide) groups is 1. The lowest BCUT2D eigenvalue weighted by atomic mass is 9.89. The summed E-state index contributed by atoms with van der Waals surface area (Å²) in [6.07, 6.45) is 6.56. The van der Waals surface area contributed by atoms with Crippen LogP contribution in [0, 0.1) is 5.92 Å². The fraction of sp³-hybridized carbons (Fsp3) is 0.611. The van der Waals surface area contributed by atoms with E-state index in [1.54, 1.807) is 11.3 Å². The summed E-state index contributed by atoms with van der Waals surface area (Å²) in [4.78, 5) is 36.5. The van der Waals surface area contributed by atoms with E-state index in [1.807, 2.05) is 4.90 Å². The number of rotatable bonds is 3. The number of aromatic nitrogens is 2. The van der Waals surface area contributed by atoms with Crippen LogP contribution in [0.25, 0.3) is 10.2 Å². The number of nitrogens with zero attached hydrogens (tertiary/aromatic N) is 2. The third kappa shape index (κ3) is 3.49. The molecule has 1 atom stereocenters. The van der Waals surface area contributed by atoms with Crippen LogP contribution in [0.15, 0.2) is 9.95 Å². The van der Waals surface area contributed by atoms with Crippen LogP contribution in [0.4, 0.5) is 0 Å². The second-order valence-corrected chi connectivity index (χ2v) is 9.18. The first kappa shape index (κ1) is 17.1. The molecule has 0 saturated carbocycles. The van der Waals surface area contributed by atoms with Crippen molar-refractivity contribution in [1.82, 2.24) is 14.9 Å². The van der Waals surface area contributed by atoms with Gasteiger partial charge in [0.2, 0.25) is 5.91 Å². The van der Waals surface area contributed by atoms with E-state index < -0.39 is 0 Å². The molecule has 1 aliphatic carbocycles. The van der Waals surface area contributed by atoms with Gasteiger partial charge in [0.1, 0.15) is 4.83 Å². The zero-order chi connectivity index (χ0) is 17.4. The van der Waals surface area contributed by atoms with Crippen LogP contribution >= 0.6 is 23.1 Å². The van der Waals surface area contributed by atoms with E-state index in [-0.39, 0.29) is 11.5 Å². The Bertz CT molecular complexity index is 852. The van der Waals surface area contributed by atoms with Crippen molar-refractivity contribution < 1.29 is 4.79 Å². The standard InChI is InChI=1S/C18H23N3O2S2/c1-11-5-6-12-13(9-11)25-17-15(12)16(23)19-18(20-17)24-10-14(22)21-7-3-2-4-8-21/h11H,2-10H2,1H3,(H,19,20,23)/t11-/m1/s1. The summed E-state index contributed by atoms with van der Waals surface area (Å²) >= 11 is 3.00. The molecule has 1 saturated heterocycles. The minimum absolute atomic E-state index is 0.0509. The summed E-state index contributed by atoms with van der Waals surface area (Å²) < 4.78 is 0. The fourth-order valence-corrected chi connectivity index (χ4v) is 5.97. The first-order valence-corrected chi connectivity index (χ1v) is 10.9. The van der Waals surface area contributed by atoms with Crippen molar-refractivity contribution in [2.75, 3.05) is 18.8 Å². The molecule has 3 heterocycles. The molecule has 4 rings (SSSR count). The molecule has 1 N–H and O–H groups in total. The van der Waals surface area contributed by atoms with Crippen LogP contribution in [0.3, 0.4) is 0 Å². The summed E-state index contributed by atoms with van der Waals surface area (Å²) in [6.45, 7) is 3.98. The molecule has 1 amide bonds. The molecule has 0 spiro atoms. The lowest BCUT2D eigenvalue weighted by Crippen LogP contribution is -2.36. The molecular weight excluding hydrogens is 354 g/mol. The van der Waals surface area contributed by atoms with E-state index in [2.05, 4.69) is 16.9 Å². The van der Waals surface area contributed by atoms with Gasteiger partial charge in [-0.3, -0.25) is 9.59 Å². The smallest absolute Gasteiger partial charge is 0.260 e. The highest BCUT2D eigenvalue weighted by atomic mass is 32.2. The number of H-pyrrole nitrogens is 1. The van der Waals surface area contributed by atoms with E-state index in [0.29, 0.717) is 16.8 Å². The Morgan fingerprint density at radius 3 is 2.96 bits per heavy atom. The van der Waals surface area contributed by atoms with Gasteiger partial charge in [-0.1, -0.05) is 18.7 Å². The highest BCUT2D eigenvalue weighted by molar-refractivity contribution is 7.99. The van der Waals surface area contributed by atoms with E-state index >= 15 is 0 Å². The molecule has 1 aliphatic heterocycles. The minimum Gasteiger partial charge on any atom is -0.342 e. The molecule has 2 aromatic rings. The molecule has 0 radical (unpaired) electrons. The van der Waals surface area contributed by atoms with E-state index in [9.17, 15) is 9.59 Å². The predicted molar refractivity (Wildman–Crippen MR) is 103 cm³/mol. The number of fused-ring (bicyclic) bond motifs is 3. The first-order valence-electron chi connectivity index (χ1n) is 9.07. The average Bonchev–Trinajstić information content (AvgIpc) is 2.98. The zero-order valence-corrected chi connectivity index (χ0v) is 16.1. The van der Waals surface area contributed by atoms with Gasteiger partial charge in [0.05, 0.1) is 11.1 Å². The van der Waals surface area contributed by atoms with Crippen molar-refractivity contribution >= 4 is 39.2 Å². The summed E-state index contributed by atoms with van der Waals surface area (Å²) in [5, 5.41) is 1.34. The van der Waals surface area contributed by atoms with Crippen molar-refractivity contribution in [3.8, 4) is 0 Å². The lowest BCUT2D eigenvalue weighted by molar-refractivity contribution is -0.129. The topological polar surface area (TPSA) is 66.1 Å². The Balaban J connectivity index is 1.53. The SMILES string of the molecule is C[C@@H]1CCc2c(sc3nc(SCC(=O)N4CCCCC4)[nH]c(=O)c23)C1. The third-order valence-corrected chi connectivity index (χ3v) is 7.19. The minimum atomic E-state index is -0.0509. The highest BCUT2D eigenvalue weighted by Gasteiger charge is 2.23. The van der Waals surface area contributed by atoms with Crippen molar-refractivity contribution in [3.63, 3.8) is 0 Å². The van der Waals surface area contributed by atoms with Gasteiger partial charge in [-0.25, -0.2) is 4.98 Å². The van der Waals surface area contributed by atoms with Crippen LogP contribution in [0.2, 0.25) is 0 Å². The lowest BCUT2D eigenvalue weighted by Gasteiger charge is -2.26. The molecule has 0 aromatic carbocycles. The van der Waals surface area contributed by atoms with Gasteiger partial charge >= 0.3 is 0 Å². The average molecular weight is 378 g/mol. The number of aromatic amines is 1. The number of hydrogen-bond donors (Lipinski definition) is 1. The molecule has 7 heteroatoms. The summed E-state index contributed by atoms with van der Waals surface area (Å²) in [5.74, 6) is 1.17. The normalized spacial score (nSPS) is 20.7. The number of aryl methyl sites for hydroxylation is 1. The maximum Gasteiger partial charge on any atom is 0.260 e. The van der Waals surface area contributed by atoms with Gasteiger partial charge in [0.15, 0.2) is 5.16 Å². The summed E-state index contributed by atoms with van der Waals surface area (Å²) in [6, 6.07) is 0. The molecule has 25 heavy (non-hydrogen) atoms. The molecular formula is C18H23N3O2S2. The van der Waals surface area contributed by atoms with Crippen LogP contribution in [-0.2, 0) is 17.6 Å². The second kappa shape index (κ2) is 7.11. The Kier molecular flexibility index (Phi) is 4.86. The van der Waals surface area contributed by atoms with Gasteiger partial charge in [0, 0.05) is 18.0 Å². The zero-order valence-electron chi connectivity index (χ0n) is 14.5. The Labute approximate surface area is 155 Å². The Hall–Kier alpha value is -1.34. The highest BCUT2D eigenvalue weighted by Crippen LogP contribution is 2.36. The van der Waals surface area contributed by atoms with Crippen LogP contribution in [0.5, 0.6) is 0 Å². The molecule has 1 fully saturated rings. The van der Waals surface area contributed by atoms with Crippen molar-refractivity contribution in [3.05, 3.63) is 20.8 Å². The maximum absolute atomic E-state index is 12.6. The fourth-order valence-electron chi connectivity index (χ4n) is 3.76. The third-order valence-electron chi connectivity index (χ3n) is 5.18. The summed E-state index contributed by atoms with van der Waals surface area (Å²) in [7, 11) is 0. The van der Waals surface area contributed by atoms with Gasteiger partial charge in [0.25, 0.3) is 5.56 Å². The van der Waals surface area contributed by atoms with Crippen molar-refractivity contribution in [2.24, 2.45) is 5.92 Å². The van der Waals surface area contributed by atoms with Gasteiger partial charge in [-0.05, 0) is 50.0 Å². The monoisotopic (exact) mass is 377 g/mol. The molecule has 2 aromatic heterocycles. The maximum atomic E-state index is 12.6. The predicted octanol–water partition coefficient (Wildman–Crippen LogP) is 3.21. The number of nitrogens with one attached hydrogen (secondary N) is 1. The van der Waals surface area contributed by atoms with Gasteiger partial charge in [-0.15, -0.1) is 11.3 Å². The molecule has 134 valence electrons. The Morgan fingerprint density at radius 2 is 2.16 bits per heavy atom. The number of carbonyl (C=O) groups is 1. The largest absolute Gasteiger partial charge is 0.342 e. The second-order valence-electron chi connectivity index (χ2n) is 7.13. The number of amides is 1. The molecule has 0 bridgehead atoms. The van der Waals surface area contributed by atoms with Crippen molar-refractivity contribution in [2.45, 2.75) is 50.6 Å². The molecule has 0 unspecified atom stereocenters. The van der Waals surface area contributed by atoms with Crippen LogP contribution in [-0.4, -0.2) is 39.6 Å². The van der Waals surface area contributed by atoms with Gasteiger partial charge < -0.3 is 9.88 Å². The van der Waals surface area contributed by atoms with Crippen molar-refractivity contribution in [1.29, 1.82) is 0 Å². The van der Waals surface area contributed by atoms with E-state index in [1.165, 1.54) is 28.6 Å². The quantitative estimate of drug-likeness (QED) is 0.659. The first-order chi connectivity index (χ1) is 12.1. The number of carbonyl (C=O) groups excluding carboxylic acids is 1. The number of likely N-dealkylation sites (tertiary alicyclic amines) is 1. The number of hydrogen-bond acceptors (Lipinski definition) is 5. The molecule has 2 aliphatic rings. The van der Waals surface area contributed by atoms with Crippen LogP contribution < -0.4 is 5.56 Å². The van der Waals surface area contributed by atoms with Gasteiger partial charge in [-0.2, -0.15) is 0 Å². The Morgan fingerprint density at radius 1 is 1.36 bits per heavy atom. The van der Waals surface area contributed by atoms with Crippen LogP contribution in [0.1, 0.15) is 43.0 Å². The van der Waals surface area contributed by atoms with E-state index in [4.69, 9.17) is 0 Å². The number of thiophene rings is 1. The summed E-state index contributed by atoms with van der Waals surface area (Å²) in [5.41, 5.74) is 1.15. The molecule has 5 nitrogen and oxygen atoms in total. The number of piperidine rings is 1.